The average Bonchev–Trinajstić information content (AvgIpc) is 2.42. The van der Waals surface area contributed by atoms with Crippen LogP contribution in [0, 0.1) is 18.6 Å². The summed E-state index contributed by atoms with van der Waals surface area (Å²) in [4.78, 5) is 0. The van der Waals surface area contributed by atoms with E-state index >= 15 is 0 Å². The van der Waals surface area contributed by atoms with E-state index in [0.717, 1.165) is 23.3 Å². The average molecular weight is 276 g/mol. The van der Waals surface area contributed by atoms with Crippen molar-refractivity contribution in [3.63, 3.8) is 0 Å². The molecule has 1 N–H and O–H groups in total. The van der Waals surface area contributed by atoms with E-state index in [9.17, 15) is 13.9 Å². The zero-order chi connectivity index (χ0) is 14.3. The molecule has 4 heteroatoms. The number of aliphatic hydroxyl groups excluding tert-OH is 1. The Labute approximate surface area is 115 Å². The van der Waals surface area contributed by atoms with E-state index < -0.39 is 23.8 Å². The Balaban J connectivity index is 1.94. The number of ether oxygens (including phenoxy) is 1. The van der Waals surface area contributed by atoms with Crippen LogP contribution in [0.4, 0.5) is 8.78 Å². The van der Waals surface area contributed by atoms with Crippen molar-refractivity contribution in [1.82, 2.24) is 0 Å². The van der Waals surface area contributed by atoms with E-state index in [1.807, 2.05) is 19.1 Å². The van der Waals surface area contributed by atoms with Gasteiger partial charge in [0.25, 0.3) is 0 Å². The first-order chi connectivity index (χ1) is 9.54. The highest BCUT2D eigenvalue weighted by Crippen LogP contribution is 2.41. The largest absolute Gasteiger partial charge is 0.485 e. The maximum Gasteiger partial charge on any atom is 0.159 e. The van der Waals surface area contributed by atoms with Crippen molar-refractivity contribution in [2.75, 3.05) is 0 Å². The van der Waals surface area contributed by atoms with Crippen LogP contribution in [0.2, 0.25) is 0 Å². The first-order valence-electron chi connectivity index (χ1n) is 6.45. The van der Waals surface area contributed by atoms with E-state index in [4.69, 9.17) is 4.74 Å². The van der Waals surface area contributed by atoms with Gasteiger partial charge in [-0.05, 0) is 36.8 Å². The van der Waals surface area contributed by atoms with Crippen LogP contribution >= 0.6 is 0 Å². The minimum absolute atomic E-state index is 0.321. The molecular formula is C16H14F2O2. The molecule has 1 aliphatic heterocycles. The van der Waals surface area contributed by atoms with E-state index in [2.05, 4.69) is 0 Å². The summed E-state index contributed by atoms with van der Waals surface area (Å²) in [5, 5.41) is 10.2. The highest BCUT2D eigenvalue weighted by Gasteiger charge is 2.28. The second-order valence-electron chi connectivity index (χ2n) is 5.07. The van der Waals surface area contributed by atoms with Crippen molar-refractivity contribution in [1.29, 1.82) is 0 Å². The summed E-state index contributed by atoms with van der Waals surface area (Å²) in [6.07, 6.45) is -0.825. The summed E-state index contributed by atoms with van der Waals surface area (Å²) in [6, 6.07) is 9.23. The van der Waals surface area contributed by atoms with Crippen molar-refractivity contribution in [2.24, 2.45) is 0 Å². The lowest BCUT2D eigenvalue weighted by Gasteiger charge is -2.30. The topological polar surface area (TPSA) is 29.5 Å². The minimum atomic E-state index is -0.907. The number of halogens is 2. The molecule has 0 radical (unpaired) electrons. The fraction of sp³-hybridized carbons (Fsp3) is 0.250. The molecule has 2 aromatic rings. The molecule has 0 spiro atoms. The molecule has 1 aliphatic rings. The molecule has 3 rings (SSSR count). The summed E-state index contributed by atoms with van der Waals surface area (Å²) in [5.41, 5.74) is 2.30. The van der Waals surface area contributed by atoms with Crippen molar-refractivity contribution in [2.45, 2.75) is 25.6 Å². The maximum atomic E-state index is 13.3. The summed E-state index contributed by atoms with van der Waals surface area (Å²) in [7, 11) is 0. The van der Waals surface area contributed by atoms with Gasteiger partial charge in [-0.3, -0.25) is 0 Å². The van der Waals surface area contributed by atoms with Crippen LogP contribution in [0.25, 0.3) is 0 Å². The molecule has 2 aromatic carbocycles. The monoisotopic (exact) mass is 276 g/mol. The molecule has 0 aliphatic carbocycles. The highest BCUT2D eigenvalue weighted by molar-refractivity contribution is 5.41. The minimum Gasteiger partial charge on any atom is -0.485 e. The van der Waals surface area contributed by atoms with E-state index in [1.54, 1.807) is 6.07 Å². The molecule has 0 aromatic heterocycles. The predicted molar refractivity (Wildman–Crippen MR) is 70.5 cm³/mol. The second-order valence-corrected chi connectivity index (χ2v) is 5.07. The Hall–Kier alpha value is -1.94. The van der Waals surface area contributed by atoms with Gasteiger partial charge in [0.05, 0.1) is 6.10 Å². The zero-order valence-electron chi connectivity index (χ0n) is 10.9. The van der Waals surface area contributed by atoms with Crippen LogP contribution in [-0.4, -0.2) is 5.11 Å². The Morgan fingerprint density at radius 3 is 2.65 bits per heavy atom. The fourth-order valence-electron chi connectivity index (χ4n) is 2.48. The number of hydrogen-bond acceptors (Lipinski definition) is 2. The van der Waals surface area contributed by atoms with Gasteiger partial charge in [-0.2, -0.15) is 0 Å². The normalized spacial score (nSPS) is 21.2. The van der Waals surface area contributed by atoms with E-state index in [0.29, 0.717) is 17.7 Å². The van der Waals surface area contributed by atoms with Gasteiger partial charge >= 0.3 is 0 Å². The number of aryl methyl sites for hydroxylation is 1. The summed E-state index contributed by atoms with van der Waals surface area (Å²) in [6.45, 7) is 1.94. The molecule has 0 saturated carbocycles. The summed E-state index contributed by atoms with van der Waals surface area (Å²) >= 11 is 0. The fourth-order valence-corrected chi connectivity index (χ4v) is 2.48. The Kier molecular flexibility index (Phi) is 3.18. The van der Waals surface area contributed by atoms with Crippen molar-refractivity contribution in [3.05, 3.63) is 64.7 Å². The Morgan fingerprint density at radius 2 is 1.90 bits per heavy atom. The van der Waals surface area contributed by atoms with Gasteiger partial charge in [0, 0.05) is 12.0 Å². The van der Waals surface area contributed by atoms with Gasteiger partial charge in [0.2, 0.25) is 0 Å². The molecule has 0 bridgehead atoms. The van der Waals surface area contributed by atoms with Crippen molar-refractivity contribution >= 4 is 0 Å². The van der Waals surface area contributed by atoms with Gasteiger partial charge in [-0.25, -0.2) is 8.78 Å². The molecule has 0 amide bonds. The number of benzene rings is 2. The predicted octanol–water partition coefficient (Wildman–Crippen LogP) is 3.83. The van der Waals surface area contributed by atoms with Crippen LogP contribution in [0.3, 0.4) is 0 Å². The van der Waals surface area contributed by atoms with Crippen LogP contribution in [0.15, 0.2) is 36.4 Å². The van der Waals surface area contributed by atoms with Crippen LogP contribution in [0.1, 0.15) is 35.3 Å². The Bertz CT molecular complexity index is 655. The lowest BCUT2D eigenvalue weighted by Crippen LogP contribution is -2.19. The molecular weight excluding hydrogens is 262 g/mol. The van der Waals surface area contributed by atoms with E-state index in [-0.39, 0.29) is 0 Å². The number of rotatable bonds is 1. The van der Waals surface area contributed by atoms with Crippen LogP contribution in [0.5, 0.6) is 5.75 Å². The molecule has 20 heavy (non-hydrogen) atoms. The van der Waals surface area contributed by atoms with Crippen LogP contribution < -0.4 is 4.74 Å². The zero-order valence-corrected chi connectivity index (χ0v) is 10.9. The molecule has 104 valence electrons. The van der Waals surface area contributed by atoms with Gasteiger partial charge in [-0.15, -0.1) is 0 Å². The molecule has 2 atom stereocenters. The highest BCUT2D eigenvalue weighted by atomic mass is 19.2. The van der Waals surface area contributed by atoms with Gasteiger partial charge in [-0.1, -0.05) is 17.7 Å². The van der Waals surface area contributed by atoms with Gasteiger partial charge in [0.15, 0.2) is 11.6 Å². The lowest BCUT2D eigenvalue weighted by molar-refractivity contribution is 0.0655. The number of aliphatic hydroxyl groups is 1. The SMILES string of the molecule is Cc1ccc2c(c1)C(O)CC(c1ccc(F)c(F)c1)O2. The molecule has 1 heterocycles. The molecule has 2 unspecified atom stereocenters. The Morgan fingerprint density at radius 1 is 1.10 bits per heavy atom. The van der Waals surface area contributed by atoms with Gasteiger partial charge in [0.1, 0.15) is 11.9 Å². The number of fused-ring (bicyclic) bond motifs is 1. The first-order valence-corrected chi connectivity index (χ1v) is 6.45. The molecule has 2 nitrogen and oxygen atoms in total. The third kappa shape index (κ3) is 2.27. The molecule has 0 fully saturated rings. The van der Waals surface area contributed by atoms with Crippen molar-refractivity contribution in [3.8, 4) is 5.75 Å². The summed E-state index contributed by atoms with van der Waals surface area (Å²) in [5.74, 6) is -1.21. The van der Waals surface area contributed by atoms with Crippen LogP contribution in [-0.2, 0) is 0 Å². The third-order valence-corrected chi connectivity index (χ3v) is 3.55. The number of hydrogen-bond donors (Lipinski definition) is 1. The van der Waals surface area contributed by atoms with Gasteiger partial charge < -0.3 is 9.84 Å². The smallest absolute Gasteiger partial charge is 0.159 e. The van der Waals surface area contributed by atoms with E-state index in [1.165, 1.54) is 6.07 Å². The molecule has 0 saturated heterocycles. The quantitative estimate of drug-likeness (QED) is 0.857. The third-order valence-electron chi connectivity index (χ3n) is 3.55. The second kappa shape index (κ2) is 4.87. The standard InChI is InChI=1S/C16H14F2O2/c1-9-2-5-15-11(6-9)14(19)8-16(20-15)10-3-4-12(17)13(18)7-10/h2-7,14,16,19H,8H2,1H3. The summed E-state index contributed by atoms with van der Waals surface area (Å²) < 4.78 is 32.0. The first kappa shape index (κ1) is 13.1. The lowest BCUT2D eigenvalue weighted by atomic mass is 9.94. The van der Waals surface area contributed by atoms with Crippen molar-refractivity contribution < 1.29 is 18.6 Å². The maximum absolute atomic E-state index is 13.3.